The smallest absolute Gasteiger partial charge is 0.319 e. The first kappa shape index (κ1) is 19.7. The maximum Gasteiger partial charge on any atom is 0.319 e. The Morgan fingerprint density at radius 2 is 1.81 bits per heavy atom. The van der Waals surface area contributed by atoms with Crippen molar-refractivity contribution in [2.24, 2.45) is 0 Å². The van der Waals surface area contributed by atoms with E-state index in [-0.39, 0.29) is 23.5 Å². The van der Waals surface area contributed by atoms with Gasteiger partial charge in [-0.1, -0.05) is 29.3 Å². The molecule has 1 aliphatic heterocycles. The van der Waals surface area contributed by atoms with Crippen molar-refractivity contribution in [2.75, 3.05) is 18.4 Å². The van der Waals surface area contributed by atoms with Crippen LogP contribution >= 0.6 is 11.6 Å². The van der Waals surface area contributed by atoms with Crippen molar-refractivity contribution < 1.29 is 13.2 Å². The Morgan fingerprint density at radius 3 is 2.48 bits per heavy atom. The van der Waals surface area contributed by atoms with Crippen LogP contribution in [0.15, 0.2) is 53.4 Å². The van der Waals surface area contributed by atoms with Gasteiger partial charge in [-0.2, -0.15) is 4.31 Å². The SMILES string of the molecule is Cc1ccc(S(=O)(=O)N2CCCC2CNC(=O)Nc2ccc(Cl)cc2)cc1. The zero-order chi connectivity index (χ0) is 19.4. The van der Waals surface area contributed by atoms with Crippen LogP contribution in [-0.2, 0) is 10.0 Å². The molecule has 0 bridgehead atoms. The molecule has 1 heterocycles. The summed E-state index contributed by atoms with van der Waals surface area (Å²) >= 11 is 5.82. The van der Waals surface area contributed by atoms with Crippen LogP contribution in [0.5, 0.6) is 0 Å². The first-order valence-electron chi connectivity index (χ1n) is 8.75. The van der Waals surface area contributed by atoms with Crippen molar-refractivity contribution >= 4 is 33.3 Å². The maximum absolute atomic E-state index is 12.9. The molecule has 2 amide bonds. The number of aryl methyl sites for hydroxylation is 1. The molecule has 0 spiro atoms. The van der Waals surface area contributed by atoms with E-state index in [1.165, 1.54) is 4.31 Å². The Kier molecular flexibility index (Phi) is 6.04. The van der Waals surface area contributed by atoms with Crippen LogP contribution in [0.1, 0.15) is 18.4 Å². The minimum absolute atomic E-state index is 0.254. The van der Waals surface area contributed by atoms with Crippen LogP contribution in [0.3, 0.4) is 0 Å². The van der Waals surface area contributed by atoms with Gasteiger partial charge in [0.15, 0.2) is 0 Å². The third-order valence-electron chi connectivity index (χ3n) is 4.55. The van der Waals surface area contributed by atoms with E-state index in [2.05, 4.69) is 10.6 Å². The highest BCUT2D eigenvalue weighted by Gasteiger charge is 2.35. The van der Waals surface area contributed by atoms with Gasteiger partial charge in [-0.3, -0.25) is 0 Å². The molecule has 1 fully saturated rings. The number of rotatable bonds is 5. The quantitative estimate of drug-likeness (QED) is 0.794. The van der Waals surface area contributed by atoms with Crippen molar-refractivity contribution in [3.8, 4) is 0 Å². The van der Waals surface area contributed by atoms with Gasteiger partial charge >= 0.3 is 6.03 Å². The molecule has 0 aliphatic carbocycles. The predicted octanol–water partition coefficient (Wildman–Crippen LogP) is 3.62. The second-order valence-corrected chi connectivity index (χ2v) is 8.89. The largest absolute Gasteiger partial charge is 0.336 e. The molecule has 0 saturated carbocycles. The summed E-state index contributed by atoms with van der Waals surface area (Å²) in [6, 6.07) is 13.0. The molecule has 3 rings (SSSR count). The molecule has 27 heavy (non-hydrogen) atoms. The zero-order valence-electron chi connectivity index (χ0n) is 15.0. The highest BCUT2D eigenvalue weighted by molar-refractivity contribution is 7.89. The normalized spacial score (nSPS) is 17.6. The van der Waals surface area contributed by atoms with E-state index in [0.29, 0.717) is 23.7 Å². The number of anilines is 1. The maximum atomic E-state index is 12.9. The molecule has 0 radical (unpaired) electrons. The van der Waals surface area contributed by atoms with Gasteiger partial charge in [0.25, 0.3) is 0 Å². The minimum Gasteiger partial charge on any atom is -0.336 e. The molecule has 6 nitrogen and oxygen atoms in total. The van der Waals surface area contributed by atoms with Crippen LogP contribution in [0.25, 0.3) is 0 Å². The molecule has 1 aliphatic rings. The highest BCUT2D eigenvalue weighted by Crippen LogP contribution is 2.26. The minimum atomic E-state index is -3.57. The average molecular weight is 408 g/mol. The van der Waals surface area contributed by atoms with Crippen molar-refractivity contribution in [3.63, 3.8) is 0 Å². The van der Waals surface area contributed by atoms with Gasteiger partial charge in [0.1, 0.15) is 0 Å². The fourth-order valence-electron chi connectivity index (χ4n) is 3.09. The highest BCUT2D eigenvalue weighted by atomic mass is 35.5. The first-order chi connectivity index (χ1) is 12.9. The Hall–Kier alpha value is -2.09. The lowest BCUT2D eigenvalue weighted by Crippen LogP contribution is -2.44. The number of sulfonamides is 1. The van der Waals surface area contributed by atoms with E-state index in [1.54, 1.807) is 48.5 Å². The first-order valence-corrected chi connectivity index (χ1v) is 10.6. The van der Waals surface area contributed by atoms with Gasteiger partial charge in [0, 0.05) is 29.8 Å². The summed E-state index contributed by atoms with van der Waals surface area (Å²) in [7, 11) is -3.57. The lowest BCUT2D eigenvalue weighted by molar-refractivity contribution is 0.249. The third kappa shape index (κ3) is 4.80. The summed E-state index contributed by atoms with van der Waals surface area (Å²) in [5, 5.41) is 6.06. The molecule has 1 saturated heterocycles. The molecular formula is C19H22ClN3O3S. The van der Waals surface area contributed by atoms with E-state index in [4.69, 9.17) is 11.6 Å². The Labute approximate surface area is 164 Å². The fraction of sp³-hybridized carbons (Fsp3) is 0.316. The topological polar surface area (TPSA) is 78.5 Å². The third-order valence-corrected chi connectivity index (χ3v) is 6.77. The molecule has 1 atom stereocenters. The Balaban J connectivity index is 1.61. The van der Waals surface area contributed by atoms with Crippen LogP contribution in [-0.4, -0.2) is 37.9 Å². The summed E-state index contributed by atoms with van der Waals surface area (Å²) in [6.07, 6.45) is 1.49. The zero-order valence-corrected chi connectivity index (χ0v) is 16.6. The summed E-state index contributed by atoms with van der Waals surface area (Å²) in [6.45, 7) is 2.63. The Morgan fingerprint density at radius 1 is 1.15 bits per heavy atom. The molecular weight excluding hydrogens is 386 g/mol. The van der Waals surface area contributed by atoms with Gasteiger partial charge in [-0.15, -0.1) is 0 Å². The van der Waals surface area contributed by atoms with Crippen LogP contribution < -0.4 is 10.6 Å². The standard InChI is InChI=1S/C19H22ClN3O3S/c1-14-4-10-18(11-5-14)27(25,26)23-12-2-3-17(23)13-21-19(24)22-16-8-6-15(20)7-9-16/h4-11,17H,2-3,12-13H2,1H3,(H2,21,22,24). The molecule has 8 heteroatoms. The van der Waals surface area contributed by atoms with Crippen molar-refractivity contribution in [3.05, 3.63) is 59.1 Å². The number of carbonyl (C=O) groups is 1. The van der Waals surface area contributed by atoms with Crippen molar-refractivity contribution in [1.29, 1.82) is 0 Å². The van der Waals surface area contributed by atoms with E-state index >= 15 is 0 Å². The molecule has 144 valence electrons. The van der Waals surface area contributed by atoms with E-state index < -0.39 is 10.0 Å². The summed E-state index contributed by atoms with van der Waals surface area (Å²) < 4.78 is 27.3. The number of hydrogen-bond donors (Lipinski definition) is 2. The number of benzene rings is 2. The van der Waals surface area contributed by atoms with Crippen LogP contribution in [0.4, 0.5) is 10.5 Å². The van der Waals surface area contributed by atoms with Crippen molar-refractivity contribution in [1.82, 2.24) is 9.62 Å². The van der Waals surface area contributed by atoms with Crippen LogP contribution in [0.2, 0.25) is 5.02 Å². The lowest BCUT2D eigenvalue weighted by atomic mass is 10.2. The molecule has 0 aromatic heterocycles. The van der Waals surface area contributed by atoms with E-state index in [0.717, 1.165) is 12.0 Å². The summed E-state index contributed by atoms with van der Waals surface area (Å²) in [5.74, 6) is 0. The molecule has 2 aromatic carbocycles. The number of nitrogens with one attached hydrogen (secondary N) is 2. The lowest BCUT2D eigenvalue weighted by Gasteiger charge is -2.24. The number of amides is 2. The number of nitrogens with zero attached hydrogens (tertiary/aromatic N) is 1. The van der Waals surface area contributed by atoms with Gasteiger partial charge in [0.05, 0.1) is 4.90 Å². The number of hydrogen-bond acceptors (Lipinski definition) is 3. The van der Waals surface area contributed by atoms with Gasteiger partial charge in [-0.05, 0) is 56.2 Å². The van der Waals surface area contributed by atoms with E-state index in [1.807, 2.05) is 6.92 Å². The summed E-state index contributed by atoms with van der Waals surface area (Å²) in [4.78, 5) is 12.4. The van der Waals surface area contributed by atoms with Gasteiger partial charge in [0.2, 0.25) is 10.0 Å². The number of urea groups is 1. The number of halogens is 1. The van der Waals surface area contributed by atoms with Crippen LogP contribution in [0, 0.1) is 6.92 Å². The second kappa shape index (κ2) is 8.29. The molecule has 2 N–H and O–H groups in total. The predicted molar refractivity (Wildman–Crippen MR) is 107 cm³/mol. The second-order valence-electron chi connectivity index (χ2n) is 6.57. The van der Waals surface area contributed by atoms with Gasteiger partial charge in [-0.25, -0.2) is 13.2 Å². The van der Waals surface area contributed by atoms with Crippen molar-refractivity contribution in [2.45, 2.75) is 30.7 Å². The summed E-state index contributed by atoms with van der Waals surface area (Å²) in [5.41, 5.74) is 1.62. The molecule has 2 aromatic rings. The fourth-order valence-corrected chi connectivity index (χ4v) is 4.91. The Bertz CT molecular complexity index is 899. The van der Waals surface area contributed by atoms with E-state index in [9.17, 15) is 13.2 Å². The molecule has 1 unspecified atom stereocenters. The average Bonchev–Trinajstić information content (AvgIpc) is 3.12. The van der Waals surface area contributed by atoms with Gasteiger partial charge < -0.3 is 10.6 Å². The monoisotopic (exact) mass is 407 g/mol. The number of carbonyl (C=O) groups excluding carboxylic acids is 1.